The summed E-state index contributed by atoms with van der Waals surface area (Å²) < 4.78 is 1.39. The van der Waals surface area contributed by atoms with Crippen molar-refractivity contribution in [2.24, 2.45) is 10.7 Å². The number of hydrogen-bond donors (Lipinski definition) is 3. The number of benzene rings is 4. The number of nitrogens with two attached hydrogens (primary N) is 1. The van der Waals surface area contributed by atoms with E-state index < -0.39 is 5.56 Å². The minimum absolute atomic E-state index is 0.0966. The van der Waals surface area contributed by atoms with Gasteiger partial charge in [0, 0.05) is 18.7 Å². The fourth-order valence-electron chi connectivity index (χ4n) is 4.57. The Labute approximate surface area is 242 Å². The first kappa shape index (κ1) is 27.6. The zero-order chi connectivity index (χ0) is 28.6. The Hall–Kier alpha value is -4.95. The summed E-state index contributed by atoms with van der Waals surface area (Å²) in [6.45, 7) is 0.535. The van der Waals surface area contributed by atoms with Gasteiger partial charge in [-0.1, -0.05) is 90.5 Å². The van der Waals surface area contributed by atoms with Crippen molar-refractivity contribution in [2.75, 3.05) is 11.9 Å². The van der Waals surface area contributed by atoms with Gasteiger partial charge >= 0.3 is 0 Å². The number of halogens is 1. The second-order valence-electron chi connectivity index (χ2n) is 9.44. The standard InChI is InChI=1S/C32H29ClN6O2/c33-30-29(26-13-12-24-8-4-5-9-25(24)18-26)39(20-28(40)36-19-23-10-14-27(15-11-23)37-21-34)32(41)31(38-30)35-17-16-22-6-2-1-3-7-22/h1-15,18,21H,16-17,19-20H2,(H2,34,37)(H,35,38)(H,36,40). The number of aliphatic imine (C=N–C) groups is 1. The molecule has 1 heterocycles. The van der Waals surface area contributed by atoms with E-state index in [0.717, 1.165) is 21.9 Å². The molecule has 0 saturated carbocycles. The van der Waals surface area contributed by atoms with Crippen molar-refractivity contribution in [3.8, 4) is 11.3 Å². The van der Waals surface area contributed by atoms with E-state index in [1.54, 1.807) is 0 Å². The summed E-state index contributed by atoms with van der Waals surface area (Å²) in [4.78, 5) is 35.3. The fourth-order valence-corrected chi connectivity index (χ4v) is 4.87. The molecule has 0 spiro atoms. The molecule has 5 aromatic rings. The number of amides is 1. The van der Waals surface area contributed by atoms with E-state index in [0.29, 0.717) is 29.9 Å². The number of carbonyl (C=O) groups is 1. The molecule has 4 N–H and O–H groups in total. The molecular formula is C32H29ClN6O2. The smallest absolute Gasteiger partial charge is 0.294 e. The van der Waals surface area contributed by atoms with Crippen LogP contribution in [0.15, 0.2) is 107 Å². The first-order chi connectivity index (χ1) is 20.0. The Morgan fingerprint density at radius 2 is 1.66 bits per heavy atom. The Morgan fingerprint density at radius 3 is 2.41 bits per heavy atom. The molecule has 0 saturated heterocycles. The first-order valence-corrected chi connectivity index (χ1v) is 13.6. The summed E-state index contributed by atoms with van der Waals surface area (Å²) in [5, 5.41) is 8.17. The Balaban J connectivity index is 1.42. The van der Waals surface area contributed by atoms with E-state index in [9.17, 15) is 9.59 Å². The number of anilines is 1. The zero-order valence-corrected chi connectivity index (χ0v) is 23.0. The maximum atomic E-state index is 13.7. The number of hydrogen-bond acceptors (Lipinski definition) is 5. The summed E-state index contributed by atoms with van der Waals surface area (Å²) in [5.41, 5.74) is 8.72. The molecule has 9 heteroatoms. The first-order valence-electron chi connectivity index (χ1n) is 13.2. The van der Waals surface area contributed by atoms with Crippen LogP contribution in [0.4, 0.5) is 11.5 Å². The Bertz CT molecular complexity index is 1750. The molecule has 0 unspecified atom stereocenters. The Morgan fingerprint density at radius 1 is 0.927 bits per heavy atom. The number of nitrogens with zero attached hydrogens (tertiary/aromatic N) is 3. The van der Waals surface area contributed by atoms with Crippen molar-refractivity contribution >= 4 is 46.1 Å². The van der Waals surface area contributed by atoms with Gasteiger partial charge in [-0.05, 0) is 46.5 Å². The largest absolute Gasteiger partial charge is 0.390 e. The highest BCUT2D eigenvalue weighted by atomic mass is 35.5. The molecule has 41 heavy (non-hydrogen) atoms. The summed E-state index contributed by atoms with van der Waals surface area (Å²) in [6, 6.07) is 31.0. The average molecular weight is 565 g/mol. The van der Waals surface area contributed by atoms with Crippen LogP contribution in [-0.4, -0.2) is 28.3 Å². The molecule has 0 fully saturated rings. The quantitative estimate of drug-likeness (QED) is 0.157. The third kappa shape index (κ3) is 6.80. The van der Waals surface area contributed by atoms with Crippen molar-refractivity contribution in [3.63, 3.8) is 0 Å². The van der Waals surface area contributed by atoms with Crippen LogP contribution in [0.1, 0.15) is 11.1 Å². The molecule has 0 aliphatic heterocycles. The third-order valence-electron chi connectivity index (χ3n) is 6.65. The predicted octanol–water partition coefficient (Wildman–Crippen LogP) is 5.31. The minimum atomic E-state index is -0.426. The lowest BCUT2D eigenvalue weighted by Gasteiger charge is -2.17. The second-order valence-corrected chi connectivity index (χ2v) is 9.79. The van der Waals surface area contributed by atoms with Gasteiger partial charge in [0.15, 0.2) is 11.0 Å². The number of rotatable bonds is 10. The van der Waals surface area contributed by atoms with Gasteiger partial charge in [-0.3, -0.25) is 14.2 Å². The third-order valence-corrected chi connectivity index (χ3v) is 6.91. The lowest BCUT2D eigenvalue weighted by molar-refractivity contribution is -0.121. The highest BCUT2D eigenvalue weighted by molar-refractivity contribution is 6.32. The highest BCUT2D eigenvalue weighted by Gasteiger charge is 2.19. The van der Waals surface area contributed by atoms with Crippen molar-refractivity contribution in [1.29, 1.82) is 0 Å². The van der Waals surface area contributed by atoms with Gasteiger partial charge in [-0.15, -0.1) is 0 Å². The summed E-state index contributed by atoms with van der Waals surface area (Å²) in [7, 11) is 0. The predicted molar refractivity (Wildman–Crippen MR) is 166 cm³/mol. The van der Waals surface area contributed by atoms with Gasteiger partial charge in [-0.25, -0.2) is 9.98 Å². The van der Waals surface area contributed by atoms with E-state index in [-0.39, 0.29) is 30.0 Å². The molecule has 0 atom stereocenters. The van der Waals surface area contributed by atoms with Gasteiger partial charge in [-0.2, -0.15) is 0 Å². The second kappa shape index (κ2) is 12.9. The van der Waals surface area contributed by atoms with Crippen LogP contribution in [0, 0.1) is 0 Å². The summed E-state index contributed by atoms with van der Waals surface area (Å²) in [6.07, 6.45) is 1.92. The monoisotopic (exact) mass is 564 g/mol. The van der Waals surface area contributed by atoms with E-state index in [2.05, 4.69) is 20.6 Å². The van der Waals surface area contributed by atoms with Crippen LogP contribution in [0.2, 0.25) is 5.15 Å². The topological polar surface area (TPSA) is 114 Å². The molecule has 0 radical (unpaired) electrons. The van der Waals surface area contributed by atoms with Gasteiger partial charge in [0.05, 0.1) is 17.7 Å². The fraction of sp³-hybridized carbons (Fsp3) is 0.125. The molecule has 8 nitrogen and oxygen atoms in total. The number of fused-ring (bicyclic) bond motifs is 1. The number of aromatic nitrogens is 2. The maximum absolute atomic E-state index is 13.7. The van der Waals surface area contributed by atoms with Crippen LogP contribution in [0.25, 0.3) is 22.0 Å². The SMILES string of the molecule is NC=Nc1ccc(CNC(=O)Cn2c(-c3ccc4ccccc4c3)c(Cl)nc(NCCc3ccccc3)c2=O)cc1. The molecule has 0 aliphatic carbocycles. The minimum Gasteiger partial charge on any atom is -0.390 e. The van der Waals surface area contributed by atoms with Gasteiger partial charge in [0.1, 0.15) is 6.54 Å². The molecular weight excluding hydrogens is 536 g/mol. The molecule has 5 rings (SSSR count). The summed E-state index contributed by atoms with van der Waals surface area (Å²) in [5.74, 6) is -0.241. The van der Waals surface area contributed by atoms with E-state index in [4.69, 9.17) is 17.3 Å². The van der Waals surface area contributed by atoms with E-state index in [1.807, 2.05) is 97.1 Å². The summed E-state index contributed by atoms with van der Waals surface area (Å²) >= 11 is 6.72. The Kier molecular flexibility index (Phi) is 8.71. The lowest BCUT2D eigenvalue weighted by Crippen LogP contribution is -2.34. The molecule has 1 amide bonds. The van der Waals surface area contributed by atoms with Crippen LogP contribution < -0.4 is 21.9 Å². The van der Waals surface area contributed by atoms with Crippen LogP contribution in [0.3, 0.4) is 0 Å². The van der Waals surface area contributed by atoms with Gasteiger partial charge < -0.3 is 16.4 Å². The van der Waals surface area contributed by atoms with Crippen LogP contribution in [0.5, 0.6) is 0 Å². The molecule has 0 bridgehead atoms. The van der Waals surface area contributed by atoms with E-state index in [1.165, 1.54) is 10.9 Å². The average Bonchev–Trinajstić information content (AvgIpc) is 2.99. The maximum Gasteiger partial charge on any atom is 0.294 e. The normalized spacial score (nSPS) is 11.1. The highest BCUT2D eigenvalue weighted by Crippen LogP contribution is 2.29. The van der Waals surface area contributed by atoms with E-state index >= 15 is 0 Å². The lowest BCUT2D eigenvalue weighted by atomic mass is 10.0. The van der Waals surface area contributed by atoms with Gasteiger partial charge in [0.25, 0.3) is 5.56 Å². The zero-order valence-electron chi connectivity index (χ0n) is 22.3. The van der Waals surface area contributed by atoms with Crippen molar-refractivity contribution in [2.45, 2.75) is 19.5 Å². The molecule has 0 aliphatic rings. The number of carbonyl (C=O) groups excluding carboxylic acids is 1. The molecule has 1 aromatic heterocycles. The van der Waals surface area contributed by atoms with Crippen molar-refractivity contribution < 1.29 is 4.79 Å². The van der Waals surface area contributed by atoms with Crippen molar-refractivity contribution in [1.82, 2.24) is 14.9 Å². The number of nitrogens with one attached hydrogen (secondary N) is 2. The van der Waals surface area contributed by atoms with Crippen LogP contribution in [-0.2, 0) is 24.3 Å². The molecule has 4 aromatic carbocycles. The van der Waals surface area contributed by atoms with Crippen molar-refractivity contribution in [3.05, 3.63) is 124 Å². The molecule has 206 valence electrons. The van der Waals surface area contributed by atoms with Crippen LogP contribution >= 0.6 is 11.6 Å². The van der Waals surface area contributed by atoms with Gasteiger partial charge in [0.2, 0.25) is 5.91 Å².